The molecule has 30 heavy (non-hydrogen) atoms. The van der Waals surface area contributed by atoms with E-state index < -0.39 is 12.1 Å². The van der Waals surface area contributed by atoms with E-state index in [2.05, 4.69) is 25.8 Å². The van der Waals surface area contributed by atoms with Gasteiger partial charge in [-0.15, -0.1) is 15.3 Å². The van der Waals surface area contributed by atoms with Crippen molar-refractivity contribution in [1.82, 2.24) is 25.2 Å². The average molecular weight is 409 g/mol. The molecule has 1 aliphatic rings. The minimum atomic E-state index is -1.10. The van der Waals surface area contributed by atoms with Crippen molar-refractivity contribution in [3.05, 3.63) is 59.9 Å². The van der Waals surface area contributed by atoms with E-state index in [1.807, 2.05) is 35.2 Å². The fourth-order valence-corrected chi connectivity index (χ4v) is 3.14. The molecule has 0 bridgehead atoms. The van der Waals surface area contributed by atoms with Gasteiger partial charge < -0.3 is 14.7 Å². The van der Waals surface area contributed by atoms with Crippen molar-refractivity contribution in [2.45, 2.75) is 19.1 Å². The summed E-state index contributed by atoms with van der Waals surface area (Å²) in [5.74, 6) is -0.165. The van der Waals surface area contributed by atoms with Crippen molar-refractivity contribution in [3.63, 3.8) is 0 Å². The van der Waals surface area contributed by atoms with Crippen LogP contribution in [0.2, 0.25) is 0 Å². The van der Waals surface area contributed by atoms with E-state index in [9.17, 15) is 9.59 Å². The van der Waals surface area contributed by atoms with Crippen LogP contribution >= 0.6 is 0 Å². The second kappa shape index (κ2) is 8.55. The first kappa shape index (κ1) is 19.3. The molecule has 1 saturated heterocycles. The Bertz CT molecular complexity index is 1020. The minimum Gasteiger partial charge on any atom is -0.476 e. The summed E-state index contributed by atoms with van der Waals surface area (Å²) in [6.07, 6.45) is 1.59. The van der Waals surface area contributed by atoms with Gasteiger partial charge in [-0.05, 0) is 24.1 Å². The topological polar surface area (TPSA) is 135 Å². The van der Waals surface area contributed by atoms with Crippen LogP contribution < -0.4 is 10.2 Å². The quantitative estimate of drug-likeness (QED) is 0.626. The SMILES string of the molecule is O=C(Nc1ccc(N2CCC(n3cc(C(=O)O)nn3)C2)nn1)OCc1ccccc1. The molecule has 0 aliphatic carbocycles. The summed E-state index contributed by atoms with van der Waals surface area (Å²) in [7, 11) is 0. The highest BCUT2D eigenvalue weighted by Gasteiger charge is 2.26. The van der Waals surface area contributed by atoms with Crippen molar-refractivity contribution in [2.24, 2.45) is 0 Å². The number of rotatable bonds is 6. The highest BCUT2D eigenvalue weighted by molar-refractivity contribution is 5.84. The highest BCUT2D eigenvalue weighted by atomic mass is 16.5. The lowest BCUT2D eigenvalue weighted by Gasteiger charge is -2.17. The lowest BCUT2D eigenvalue weighted by Crippen LogP contribution is -2.23. The third kappa shape index (κ3) is 4.51. The summed E-state index contributed by atoms with van der Waals surface area (Å²) in [5.41, 5.74) is 0.809. The summed E-state index contributed by atoms with van der Waals surface area (Å²) in [5, 5.41) is 27.2. The van der Waals surface area contributed by atoms with Crippen LogP contribution in [0.15, 0.2) is 48.7 Å². The Morgan fingerprint density at radius 1 is 1.13 bits per heavy atom. The van der Waals surface area contributed by atoms with Gasteiger partial charge in [0.25, 0.3) is 0 Å². The predicted octanol–water partition coefficient (Wildman–Crippen LogP) is 1.97. The number of nitrogens with zero attached hydrogens (tertiary/aromatic N) is 6. The molecule has 1 aromatic carbocycles. The molecule has 11 heteroatoms. The number of hydrogen-bond acceptors (Lipinski definition) is 8. The number of amides is 1. The molecule has 3 heterocycles. The van der Waals surface area contributed by atoms with E-state index in [0.29, 0.717) is 18.9 Å². The number of carboxylic acid groups (broad SMARTS) is 1. The Morgan fingerprint density at radius 3 is 2.67 bits per heavy atom. The molecule has 3 aromatic rings. The molecule has 2 aromatic heterocycles. The van der Waals surface area contributed by atoms with E-state index in [1.165, 1.54) is 6.20 Å². The predicted molar refractivity (Wildman–Crippen MR) is 105 cm³/mol. The Hall–Kier alpha value is -4.02. The van der Waals surface area contributed by atoms with Gasteiger partial charge in [-0.3, -0.25) is 5.32 Å². The minimum absolute atomic E-state index is 0.00170. The second-order valence-corrected chi connectivity index (χ2v) is 6.74. The summed E-state index contributed by atoms with van der Waals surface area (Å²) < 4.78 is 6.72. The number of hydrogen-bond donors (Lipinski definition) is 2. The number of nitrogens with one attached hydrogen (secondary N) is 1. The summed E-state index contributed by atoms with van der Waals surface area (Å²) in [6.45, 7) is 1.48. The van der Waals surface area contributed by atoms with Gasteiger partial charge >= 0.3 is 12.1 Å². The van der Waals surface area contributed by atoms with E-state index in [4.69, 9.17) is 9.84 Å². The number of carbonyl (C=O) groups excluding carboxylic acids is 1. The van der Waals surface area contributed by atoms with E-state index in [1.54, 1.807) is 16.8 Å². The third-order valence-corrected chi connectivity index (χ3v) is 4.68. The summed E-state index contributed by atoms with van der Waals surface area (Å²) in [4.78, 5) is 24.9. The molecule has 0 radical (unpaired) electrons. The Labute approximate surface area is 171 Å². The summed E-state index contributed by atoms with van der Waals surface area (Å²) >= 11 is 0. The number of aromatic nitrogens is 5. The normalized spacial score (nSPS) is 15.7. The molecule has 154 valence electrons. The molecule has 1 amide bonds. The number of carboxylic acids is 1. The summed E-state index contributed by atoms with van der Waals surface area (Å²) in [6, 6.07) is 12.8. The van der Waals surface area contributed by atoms with Gasteiger partial charge in [0, 0.05) is 13.1 Å². The maximum atomic E-state index is 11.9. The molecule has 1 unspecified atom stereocenters. The van der Waals surface area contributed by atoms with Crippen molar-refractivity contribution in [1.29, 1.82) is 0 Å². The lowest BCUT2D eigenvalue weighted by atomic mass is 10.2. The van der Waals surface area contributed by atoms with Crippen LogP contribution in [0.4, 0.5) is 16.4 Å². The number of benzene rings is 1. The Balaban J connectivity index is 1.30. The smallest absolute Gasteiger partial charge is 0.413 e. The average Bonchev–Trinajstić information content (AvgIpc) is 3.43. The van der Waals surface area contributed by atoms with Gasteiger partial charge in [0.1, 0.15) is 6.61 Å². The van der Waals surface area contributed by atoms with Gasteiger partial charge in [-0.2, -0.15) is 0 Å². The number of carbonyl (C=O) groups is 2. The zero-order valence-electron chi connectivity index (χ0n) is 15.9. The van der Waals surface area contributed by atoms with Crippen molar-refractivity contribution in [2.75, 3.05) is 23.3 Å². The van der Waals surface area contributed by atoms with Crippen LogP contribution in [0.5, 0.6) is 0 Å². The van der Waals surface area contributed by atoms with Crippen LogP contribution in [0, 0.1) is 0 Å². The van der Waals surface area contributed by atoms with Gasteiger partial charge in [0.15, 0.2) is 17.3 Å². The van der Waals surface area contributed by atoms with Crippen molar-refractivity contribution < 1.29 is 19.4 Å². The first-order valence-corrected chi connectivity index (χ1v) is 9.30. The first-order chi connectivity index (χ1) is 14.6. The van der Waals surface area contributed by atoms with Crippen LogP contribution in [0.3, 0.4) is 0 Å². The van der Waals surface area contributed by atoms with E-state index in [0.717, 1.165) is 12.0 Å². The van der Waals surface area contributed by atoms with Gasteiger partial charge in [0.05, 0.1) is 12.2 Å². The lowest BCUT2D eigenvalue weighted by molar-refractivity contribution is 0.0690. The largest absolute Gasteiger partial charge is 0.476 e. The molecule has 11 nitrogen and oxygen atoms in total. The first-order valence-electron chi connectivity index (χ1n) is 9.30. The molecule has 4 rings (SSSR count). The number of aromatic carboxylic acids is 1. The monoisotopic (exact) mass is 409 g/mol. The number of ether oxygens (including phenoxy) is 1. The molecule has 1 atom stereocenters. The Morgan fingerprint density at radius 2 is 1.97 bits per heavy atom. The fraction of sp³-hybridized carbons (Fsp3) is 0.263. The van der Waals surface area contributed by atoms with Crippen LogP contribution in [-0.4, -0.2) is 55.4 Å². The van der Waals surface area contributed by atoms with Crippen molar-refractivity contribution >= 4 is 23.7 Å². The maximum Gasteiger partial charge on any atom is 0.413 e. The molecule has 0 saturated carbocycles. The highest BCUT2D eigenvalue weighted by Crippen LogP contribution is 2.25. The molecule has 1 fully saturated rings. The standard InChI is InChI=1S/C19H19N7O4/c27-18(28)15-11-26(24-21-15)14-8-9-25(10-14)17-7-6-16(22-23-17)20-19(29)30-12-13-4-2-1-3-5-13/h1-7,11,14H,8-10,12H2,(H,27,28)(H,20,22,29). The van der Waals surface area contributed by atoms with Gasteiger partial charge in [-0.1, -0.05) is 35.5 Å². The zero-order chi connectivity index (χ0) is 20.9. The number of anilines is 2. The maximum absolute atomic E-state index is 11.9. The van der Waals surface area contributed by atoms with Crippen molar-refractivity contribution in [3.8, 4) is 0 Å². The fourth-order valence-electron chi connectivity index (χ4n) is 3.14. The van der Waals surface area contributed by atoms with Crippen LogP contribution in [-0.2, 0) is 11.3 Å². The molecular weight excluding hydrogens is 390 g/mol. The molecule has 2 N–H and O–H groups in total. The Kier molecular flexibility index (Phi) is 5.50. The second-order valence-electron chi connectivity index (χ2n) is 6.74. The van der Waals surface area contributed by atoms with Crippen LogP contribution in [0.1, 0.15) is 28.5 Å². The van der Waals surface area contributed by atoms with Gasteiger partial charge in [0.2, 0.25) is 0 Å². The van der Waals surface area contributed by atoms with E-state index in [-0.39, 0.29) is 24.2 Å². The molecule has 0 spiro atoms. The van der Waals surface area contributed by atoms with Crippen LogP contribution in [0.25, 0.3) is 0 Å². The van der Waals surface area contributed by atoms with Gasteiger partial charge in [-0.25, -0.2) is 14.3 Å². The van der Waals surface area contributed by atoms with E-state index >= 15 is 0 Å². The zero-order valence-corrected chi connectivity index (χ0v) is 15.9. The third-order valence-electron chi connectivity index (χ3n) is 4.68. The molecule has 1 aliphatic heterocycles. The molecular formula is C19H19N7O4.